The van der Waals surface area contributed by atoms with Crippen molar-refractivity contribution in [2.45, 2.75) is 38.3 Å². The standard InChI is InChI=1S/C12H20N2S/c13-12-6-2-1-4-10(12)8-14-9-11-5-3-7-15-11/h3,5,7,10,12,14H,1-2,4,6,8-9,13H2. The van der Waals surface area contributed by atoms with Gasteiger partial charge >= 0.3 is 0 Å². The molecule has 3 N–H and O–H groups in total. The largest absolute Gasteiger partial charge is 0.327 e. The van der Waals surface area contributed by atoms with Crippen LogP contribution in [-0.2, 0) is 6.54 Å². The highest BCUT2D eigenvalue weighted by atomic mass is 32.1. The van der Waals surface area contributed by atoms with Crippen LogP contribution in [0, 0.1) is 5.92 Å². The Morgan fingerprint density at radius 1 is 1.40 bits per heavy atom. The lowest BCUT2D eigenvalue weighted by atomic mass is 9.85. The molecule has 3 heteroatoms. The van der Waals surface area contributed by atoms with Gasteiger partial charge in [-0.15, -0.1) is 11.3 Å². The van der Waals surface area contributed by atoms with E-state index in [1.807, 2.05) is 11.3 Å². The highest BCUT2D eigenvalue weighted by Gasteiger charge is 2.20. The van der Waals surface area contributed by atoms with Crippen molar-refractivity contribution < 1.29 is 0 Å². The summed E-state index contributed by atoms with van der Waals surface area (Å²) in [5.74, 6) is 0.693. The lowest BCUT2D eigenvalue weighted by molar-refractivity contribution is 0.296. The van der Waals surface area contributed by atoms with Gasteiger partial charge < -0.3 is 11.1 Å². The Hall–Kier alpha value is -0.380. The monoisotopic (exact) mass is 224 g/mol. The van der Waals surface area contributed by atoms with E-state index in [4.69, 9.17) is 5.73 Å². The van der Waals surface area contributed by atoms with E-state index in [-0.39, 0.29) is 0 Å². The number of hydrogen-bond acceptors (Lipinski definition) is 3. The van der Waals surface area contributed by atoms with Crippen LogP contribution in [-0.4, -0.2) is 12.6 Å². The van der Waals surface area contributed by atoms with Gasteiger partial charge in [-0.25, -0.2) is 0 Å². The highest BCUT2D eigenvalue weighted by molar-refractivity contribution is 7.09. The zero-order valence-electron chi connectivity index (χ0n) is 9.11. The van der Waals surface area contributed by atoms with Gasteiger partial charge in [0.15, 0.2) is 0 Å². The van der Waals surface area contributed by atoms with Crippen LogP contribution in [0.5, 0.6) is 0 Å². The average Bonchev–Trinajstić information content (AvgIpc) is 2.74. The number of nitrogens with two attached hydrogens (primary N) is 1. The van der Waals surface area contributed by atoms with Crippen molar-refractivity contribution in [2.75, 3.05) is 6.54 Å². The Morgan fingerprint density at radius 2 is 2.27 bits per heavy atom. The first-order valence-corrected chi connectivity index (χ1v) is 6.73. The van der Waals surface area contributed by atoms with E-state index >= 15 is 0 Å². The predicted molar refractivity (Wildman–Crippen MR) is 66.0 cm³/mol. The molecule has 1 aromatic heterocycles. The smallest absolute Gasteiger partial charge is 0.0299 e. The number of hydrogen-bond donors (Lipinski definition) is 2. The molecule has 0 radical (unpaired) electrons. The lowest BCUT2D eigenvalue weighted by Crippen LogP contribution is -2.39. The third-order valence-corrected chi connectivity index (χ3v) is 4.13. The quantitative estimate of drug-likeness (QED) is 0.824. The minimum atomic E-state index is 0.426. The van der Waals surface area contributed by atoms with Crippen LogP contribution in [0.3, 0.4) is 0 Å². The SMILES string of the molecule is NC1CCCCC1CNCc1cccs1. The van der Waals surface area contributed by atoms with Crippen molar-refractivity contribution >= 4 is 11.3 Å². The number of rotatable bonds is 4. The van der Waals surface area contributed by atoms with Crippen LogP contribution in [0.4, 0.5) is 0 Å². The van der Waals surface area contributed by atoms with E-state index < -0.39 is 0 Å². The number of thiophene rings is 1. The van der Waals surface area contributed by atoms with Crippen molar-refractivity contribution in [3.05, 3.63) is 22.4 Å². The molecule has 0 spiro atoms. The van der Waals surface area contributed by atoms with Crippen LogP contribution < -0.4 is 11.1 Å². The van der Waals surface area contributed by atoms with Gasteiger partial charge in [0.05, 0.1) is 0 Å². The molecular formula is C12H20N2S. The van der Waals surface area contributed by atoms with E-state index in [9.17, 15) is 0 Å². The van der Waals surface area contributed by atoms with E-state index in [1.54, 1.807) is 0 Å². The maximum Gasteiger partial charge on any atom is 0.0299 e. The number of nitrogens with one attached hydrogen (secondary N) is 1. The molecular weight excluding hydrogens is 204 g/mol. The first kappa shape index (κ1) is 11.1. The molecule has 2 rings (SSSR count). The van der Waals surface area contributed by atoms with Gasteiger partial charge in [-0.1, -0.05) is 18.9 Å². The molecule has 2 atom stereocenters. The predicted octanol–water partition coefficient (Wildman–Crippen LogP) is 2.36. The van der Waals surface area contributed by atoms with Crippen molar-refractivity contribution in [2.24, 2.45) is 11.7 Å². The van der Waals surface area contributed by atoms with Crippen molar-refractivity contribution in [3.8, 4) is 0 Å². The summed E-state index contributed by atoms with van der Waals surface area (Å²) in [6.45, 7) is 2.08. The summed E-state index contributed by atoms with van der Waals surface area (Å²) < 4.78 is 0. The Balaban J connectivity index is 1.68. The van der Waals surface area contributed by atoms with Gasteiger partial charge in [0.1, 0.15) is 0 Å². The molecule has 0 saturated heterocycles. The highest BCUT2D eigenvalue weighted by Crippen LogP contribution is 2.22. The minimum Gasteiger partial charge on any atom is -0.327 e. The van der Waals surface area contributed by atoms with Crippen LogP contribution in [0.1, 0.15) is 30.6 Å². The second kappa shape index (κ2) is 5.64. The van der Waals surface area contributed by atoms with Crippen molar-refractivity contribution in [3.63, 3.8) is 0 Å². The van der Waals surface area contributed by atoms with Gasteiger partial charge in [-0.3, -0.25) is 0 Å². The van der Waals surface area contributed by atoms with E-state index in [0.717, 1.165) is 13.1 Å². The maximum absolute atomic E-state index is 6.10. The third-order valence-electron chi connectivity index (χ3n) is 3.25. The molecule has 2 unspecified atom stereocenters. The van der Waals surface area contributed by atoms with Crippen molar-refractivity contribution in [1.82, 2.24) is 5.32 Å². The van der Waals surface area contributed by atoms with Gasteiger partial charge in [0, 0.05) is 17.5 Å². The van der Waals surface area contributed by atoms with Crippen molar-refractivity contribution in [1.29, 1.82) is 0 Å². The molecule has 1 aromatic rings. The minimum absolute atomic E-state index is 0.426. The summed E-state index contributed by atoms with van der Waals surface area (Å²) in [6.07, 6.45) is 5.20. The zero-order valence-corrected chi connectivity index (χ0v) is 9.93. The fourth-order valence-electron chi connectivity index (χ4n) is 2.28. The molecule has 84 valence electrons. The fraction of sp³-hybridized carbons (Fsp3) is 0.667. The van der Waals surface area contributed by atoms with Crippen LogP contribution in [0.2, 0.25) is 0 Å². The van der Waals surface area contributed by atoms with Gasteiger partial charge in [-0.2, -0.15) is 0 Å². The summed E-state index contributed by atoms with van der Waals surface area (Å²) >= 11 is 1.82. The third kappa shape index (κ3) is 3.30. The zero-order chi connectivity index (χ0) is 10.5. The molecule has 0 bridgehead atoms. The van der Waals surface area contributed by atoms with E-state index in [2.05, 4.69) is 22.8 Å². The average molecular weight is 224 g/mol. The van der Waals surface area contributed by atoms with Crippen LogP contribution >= 0.6 is 11.3 Å². The van der Waals surface area contributed by atoms with Crippen LogP contribution in [0.15, 0.2) is 17.5 Å². The Bertz CT molecular complexity index is 271. The topological polar surface area (TPSA) is 38.0 Å². The summed E-state index contributed by atoms with van der Waals surface area (Å²) in [6, 6.07) is 4.71. The molecule has 15 heavy (non-hydrogen) atoms. The molecule has 0 aromatic carbocycles. The molecule has 0 amide bonds. The molecule has 2 nitrogen and oxygen atoms in total. The molecule has 0 aliphatic heterocycles. The van der Waals surface area contributed by atoms with Gasteiger partial charge in [0.25, 0.3) is 0 Å². The second-order valence-corrected chi connectivity index (χ2v) is 5.45. The van der Waals surface area contributed by atoms with Gasteiger partial charge in [0.2, 0.25) is 0 Å². The second-order valence-electron chi connectivity index (χ2n) is 4.42. The van der Waals surface area contributed by atoms with Gasteiger partial charge in [-0.05, 0) is 36.8 Å². The van der Waals surface area contributed by atoms with E-state index in [1.165, 1.54) is 30.6 Å². The molecule has 1 aliphatic rings. The maximum atomic E-state index is 6.10. The Kier molecular flexibility index (Phi) is 4.18. The Morgan fingerprint density at radius 3 is 3.00 bits per heavy atom. The van der Waals surface area contributed by atoms with E-state index in [0.29, 0.717) is 12.0 Å². The summed E-state index contributed by atoms with van der Waals surface area (Å²) in [5.41, 5.74) is 6.10. The first-order chi connectivity index (χ1) is 7.36. The normalized spacial score (nSPS) is 26.7. The molecule has 1 aliphatic carbocycles. The molecule has 1 saturated carbocycles. The summed E-state index contributed by atoms with van der Waals surface area (Å²) in [7, 11) is 0. The van der Waals surface area contributed by atoms with Crippen LogP contribution in [0.25, 0.3) is 0 Å². The molecule has 1 heterocycles. The first-order valence-electron chi connectivity index (χ1n) is 5.85. The molecule has 1 fully saturated rings. The Labute approximate surface area is 95.9 Å². The fourth-order valence-corrected chi connectivity index (χ4v) is 2.96. The summed E-state index contributed by atoms with van der Waals surface area (Å²) in [5, 5.41) is 5.65. The summed E-state index contributed by atoms with van der Waals surface area (Å²) in [4.78, 5) is 1.42. The lowest BCUT2D eigenvalue weighted by Gasteiger charge is -2.28.